The first-order valence-electron chi connectivity index (χ1n) is 7.04. The van der Waals surface area contributed by atoms with Crippen molar-refractivity contribution in [3.63, 3.8) is 0 Å². The summed E-state index contributed by atoms with van der Waals surface area (Å²) in [6.07, 6.45) is 0. The second kappa shape index (κ2) is 7.65. The molecule has 0 saturated carbocycles. The van der Waals surface area contributed by atoms with Gasteiger partial charge < -0.3 is 10.1 Å². The Morgan fingerprint density at radius 3 is 2.21 bits per heavy atom. The van der Waals surface area contributed by atoms with Gasteiger partial charge in [0.05, 0.1) is 18.0 Å². The normalized spacial score (nSPS) is 12.5. The number of anilines is 1. The highest BCUT2D eigenvalue weighted by Crippen LogP contribution is 2.16. The van der Waals surface area contributed by atoms with E-state index in [9.17, 15) is 13.2 Å². The van der Waals surface area contributed by atoms with Crippen molar-refractivity contribution in [3.05, 3.63) is 53.6 Å². The van der Waals surface area contributed by atoms with Crippen LogP contribution < -0.4 is 14.8 Å². The summed E-state index contributed by atoms with van der Waals surface area (Å²) in [4.78, 5) is 12.2. The number of hydrogen-bond acceptors (Lipinski definition) is 4. The number of carbonyl (C=O) groups excluding carboxylic acids is 1. The number of halogens is 1. The summed E-state index contributed by atoms with van der Waals surface area (Å²) in [6.45, 7) is 1.46. The Morgan fingerprint density at radius 2 is 1.67 bits per heavy atom. The van der Waals surface area contributed by atoms with Gasteiger partial charge in [0, 0.05) is 10.7 Å². The van der Waals surface area contributed by atoms with Crippen molar-refractivity contribution >= 4 is 33.2 Å². The molecule has 0 unspecified atom stereocenters. The van der Waals surface area contributed by atoms with Crippen LogP contribution in [0, 0.1) is 0 Å². The molecule has 0 heterocycles. The monoisotopic (exact) mass is 368 g/mol. The average Bonchev–Trinajstić information content (AvgIpc) is 2.56. The molecule has 128 valence electrons. The summed E-state index contributed by atoms with van der Waals surface area (Å²) in [7, 11) is -2.33. The number of benzene rings is 2. The highest BCUT2D eigenvalue weighted by atomic mass is 35.5. The van der Waals surface area contributed by atoms with Crippen molar-refractivity contribution in [1.29, 1.82) is 0 Å². The fourth-order valence-electron chi connectivity index (χ4n) is 1.89. The van der Waals surface area contributed by atoms with Crippen LogP contribution in [-0.4, -0.2) is 27.5 Å². The largest absolute Gasteiger partial charge is 0.497 e. The van der Waals surface area contributed by atoms with Gasteiger partial charge in [-0.15, -0.1) is 0 Å². The fourth-order valence-corrected chi connectivity index (χ4v) is 3.22. The molecule has 0 saturated heterocycles. The molecule has 0 aromatic heterocycles. The molecule has 0 bridgehead atoms. The van der Waals surface area contributed by atoms with Gasteiger partial charge in [0.25, 0.3) is 0 Å². The molecule has 1 amide bonds. The average molecular weight is 369 g/mol. The van der Waals surface area contributed by atoms with Gasteiger partial charge in [0.15, 0.2) is 0 Å². The van der Waals surface area contributed by atoms with E-state index in [0.717, 1.165) is 0 Å². The maximum Gasteiger partial charge on any atom is 0.242 e. The third kappa shape index (κ3) is 4.70. The van der Waals surface area contributed by atoms with Crippen LogP contribution in [0.25, 0.3) is 0 Å². The number of methoxy groups -OCH3 is 1. The van der Waals surface area contributed by atoms with E-state index >= 15 is 0 Å². The Hall–Kier alpha value is -2.09. The van der Waals surface area contributed by atoms with Crippen LogP contribution in [0.4, 0.5) is 5.69 Å². The molecule has 0 aliphatic rings. The third-order valence-electron chi connectivity index (χ3n) is 3.21. The zero-order chi connectivity index (χ0) is 17.7. The molecule has 1 atom stereocenters. The SMILES string of the molecule is COc1ccc(S(=O)(=O)N[C@@H](C)C(=O)Nc2ccc(Cl)cc2)cc1. The van der Waals surface area contributed by atoms with Crippen LogP contribution in [0.2, 0.25) is 5.02 Å². The summed E-state index contributed by atoms with van der Waals surface area (Å²) in [6, 6.07) is 11.5. The molecule has 2 N–H and O–H groups in total. The van der Waals surface area contributed by atoms with Crippen molar-refractivity contribution in [2.75, 3.05) is 12.4 Å². The molecule has 8 heteroatoms. The lowest BCUT2D eigenvalue weighted by Gasteiger charge is -2.14. The minimum absolute atomic E-state index is 0.0504. The first kappa shape index (κ1) is 18.3. The van der Waals surface area contributed by atoms with Crippen molar-refractivity contribution in [2.24, 2.45) is 0 Å². The lowest BCUT2D eigenvalue weighted by molar-refractivity contribution is -0.117. The van der Waals surface area contributed by atoms with Crippen molar-refractivity contribution in [3.8, 4) is 5.75 Å². The maximum atomic E-state index is 12.3. The van der Waals surface area contributed by atoms with Crippen molar-refractivity contribution in [2.45, 2.75) is 17.9 Å². The molecular weight excluding hydrogens is 352 g/mol. The molecule has 0 radical (unpaired) electrons. The lowest BCUT2D eigenvalue weighted by atomic mass is 10.3. The Balaban J connectivity index is 2.04. The second-order valence-electron chi connectivity index (χ2n) is 5.01. The summed E-state index contributed by atoms with van der Waals surface area (Å²) in [5.41, 5.74) is 0.528. The third-order valence-corrected chi connectivity index (χ3v) is 5.02. The summed E-state index contributed by atoms with van der Waals surface area (Å²) < 4.78 is 31.9. The van der Waals surface area contributed by atoms with Crippen LogP contribution in [0.1, 0.15) is 6.92 Å². The standard InChI is InChI=1S/C16H17ClN2O4S/c1-11(16(20)18-13-5-3-12(17)4-6-13)19-24(21,22)15-9-7-14(23-2)8-10-15/h3-11,19H,1-2H3,(H,18,20)/t11-/m0/s1. The van der Waals surface area contributed by atoms with Crippen LogP contribution in [0.15, 0.2) is 53.4 Å². The minimum Gasteiger partial charge on any atom is -0.497 e. The van der Waals surface area contributed by atoms with E-state index in [-0.39, 0.29) is 4.90 Å². The number of nitrogens with one attached hydrogen (secondary N) is 2. The molecular formula is C16H17ClN2O4S. The summed E-state index contributed by atoms with van der Waals surface area (Å²) in [5.74, 6) is 0.0666. The first-order chi connectivity index (χ1) is 11.3. The fraction of sp³-hybridized carbons (Fsp3) is 0.188. The Morgan fingerprint density at radius 1 is 1.08 bits per heavy atom. The van der Waals surface area contributed by atoms with E-state index in [4.69, 9.17) is 16.3 Å². The summed E-state index contributed by atoms with van der Waals surface area (Å²) >= 11 is 5.77. The first-order valence-corrected chi connectivity index (χ1v) is 8.91. The molecule has 24 heavy (non-hydrogen) atoms. The Labute approximate surface area is 145 Å². The molecule has 2 rings (SSSR count). The van der Waals surface area contributed by atoms with Gasteiger partial charge in [-0.2, -0.15) is 4.72 Å². The minimum atomic E-state index is -3.82. The quantitative estimate of drug-likeness (QED) is 0.820. The van der Waals surface area contributed by atoms with Crippen LogP contribution in [0.5, 0.6) is 5.75 Å². The lowest BCUT2D eigenvalue weighted by Crippen LogP contribution is -2.41. The zero-order valence-electron chi connectivity index (χ0n) is 13.1. The van der Waals surface area contributed by atoms with Gasteiger partial charge in [0.1, 0.15) is 5.75 Å². The molecule has 2 aromatic rings. The second-order valence-corrected chi connectivity index (χ2v) is 7.17. The van der Waals surface area contributed by atoms with Crippen LogP contribution in [-0.2, 0) is 14.8 Å². The van der Waals surface area contributed by atoms with Crippen molar-refractivity contribution < 1.29 is 17.9 Å². The molecule has 0 aliphatic heterocycles. The maximum absolute atomic E-state index is 12.3. The van der Waals surface area contributed by atoms with Crippen LogP contribution in [0.3, 0.4) is 0 Å². The van der Waals surface area contributed by atoms with Gasteiger partial charge in [-0.3, -0.25) is 4.79 Å². The van der Waals surface area contributed by atoms with E-state index in [1.54, 1.807) is 24.3 Å². The molecule has 6 nitrogen and oxygen atoms in total. The van der Waals surface area contributed by atoms with Gasteiger partial charge in [-0.25, -0.2) is 8.42 Å². The van der Waals surface area contributed by atoms with E-state index in [1.165, 1.54) is 38.3 Å². The van der Waals surface area contributed by atoms with Crippen molar-refractivity contribution in [1.82, 2.24) is 4.72 Å². The summed E-state index contributed by atoms with van der Waals surface area (Å²) in [5, 5.41) is 3.16. The zero-order valence-corrected chi connectivity index (χ0v) is 14.7. The predicted molar refractivity (Wildman–Crippen MR) is 92.9 cm³/mol. The predicted octanol–water partition coefficient (Wildman–Crippen LogP) is 2.65. The van der Waals surface area contributed by atoms with E-state index in [2.05, 4.69) is 10.0 Å². The Bertz CT molecular complexity index is 805. The number of hydrogen-bond donors (Lipinski definition) is 2. The molecule has 2 aromatic carbocycles. The van der Waals surface area contributed by atoms with Gasteiger partial charge in [-0.05, 0) is 55.5 Å². The highest BCUT2D eigenvalue weighted by Gasteiger charge is 2.22. The topological polar surface area (TPSA) is 84.5 Å². The number of ether oxygens (including phenoxy) is 1. The van der Waals surface area contributed by atoms with Gasteiger partial charge in [-0.1, -0.05) is 11.6 Å². The molecule has 0 aliphatic carbocycles. The van der Waals surface area contributed by atoms with Gasteiger partial charge >= 0.3 is 0 Å². The number of rotatable bonds is 6. The number of sulfonamides is 1. The van der Waals surface area contributed by atoms with Crippen LogP contribution >= 0.6 is 11.6 Å². The smallest absolute Gasteiger partial charge is 0.242 e. The molecule has 0 spiro atoms. The number of carbonyl (C=O) groups is 1. The van der Waals surface area contributed by atoms with E-state index in [0.29, 0.717) is 16.5 Å². The highest BCUT2D eigenvalue weighted by molar-refractivity contribution is 7.89. The molecule has 0 fully saturated rings. The van der Waals surface area contributed by atoms with E-state index in [1.807, 2.05) is 0 Å². The van der Waals surface area contributed by atoms with Gasteiger partial charge in [0.2, 0.25) is 15.9 Å². The van der Waals surface area contributed by atoms with E-state index < -0.39 is 22.0 Å². The Kier molecular flexibility index (Phi) is 5.82. The number of amides is 1.